The van der Waals surface area contributed by atoms with Crippen LogP contribution in [0.15, 0.2) is 42.7 Å². The molecule has 2 heterocycles. The predicted octanol–water partition coefficient (Wildman–Crippen LogP) is 1.15. The maximum Gasteiger partial charge on any atom is 0.313 e. The summed E-state index contributed by atoms with van der Waals surface area (Å²) in [6, 6.07) is 8.99. The summed E-state index contributed by atoms with van der Waals surface area (Å²) >= 11 is 0. The molecule has 0 saturated heterocycles. The largest absolute Gasteiger partial charge is 0.361 e. The van der Waals surface area contributed by atoms with Crippen molar-refractivity contribution in [2.75, 3.05) is 5.32 Å². The lowest BCUT2D eigenvalue weighted by Crippen LogP contribution is -2.35. The molecule has 0 spiro atoms. The Morgan fingerprint density at radius 2 is 2.05 bits per heavy atom. The van der Waals surface area contributed by atoms with Gasteiger partial charge in [-0.15, -0.1) is 0 Å². The van der Waals surface area contributed by atoms with Gasteiger partial charge in [-0.25, -0.2) is 0 Å². The van der Waals surface area contributed by atoms with Crippen LogP contribution >= 0.6 is 0 Å². The fourth-order valence-corrected chi connectivity index (χ4v) is 1.96. The maximum absolute atomic E-state index is 11.8. The second-order valence-corrected chi connectivity index (χ2v) is 4.50. The molecule has 1 aromatic carbocycles. The Kier molecular flexibility index (Phi) is 3.38. The number of anilines is 1. The molecule has 7 heteroatoms. The summed E-state index contributed by atoms with van der Waals surface area (Å²) in [5, 5.41) is 12.5. The molecule has 2 aromatic heterocycles. The second-order valence-electron chi connectivity index (χ2n) is 4.50. The number of rotatable bonds is 3. The summed E-state index contributed by atoms with van der Waals surface area (Å²) in [6.07, 6.45) is 3.39. The van der Waals surface area contributed by atoms with Crippen molar-refractivity contribution in [3.8, 4) is 0 Å². The van der Waals surface area contributed by atoms with E-state index >= 15 is 0 Å². The van der Waals surface area contributed by atoms with Crippen molar-refractivity contribution in [2.45, 2.75) is 6.54 Å². The molecule has 3 aromatic rings. The quantitative estimate of drug-likeness (QED) is 0.542. The summed E-state index contributed by atoms with van der Waals surface area (Å²) in [6.45, 7) is 0.225. The number of aromatic nitrogens is 3. The van der Waals surface area contributed by atoms with Crippen LogP contribution in [0.5, 0.6) is 0 Å². The molecule has 3 rings (SSSR count). The Morgan fingerprint density at radius 3 is 2.86 bits per heavy atom. The molecule has 0 aliphatic carbocycles. The molecule has 0 unspecified atom stereocenters. The van der Waals surface area contributed by atoms with Crippen molar-refractivity contribution in [3.63, 3.8) is 0 Å². The number of fused-ring (bicyclic) bond motifs is 1. The number of nitrogens with zero attached hydrogens (tertiary/aromatic N) is 1. The van der Waals surface area contributed by atoms with Crippen molar-refractivity contribution >= 4 is 28.4 Å². The first-order valence-corrected chi connectivity index (χ1v) is 6.37. The predicted molar refractivity (Wildman–Crippen MR) is 77.4 cm³/mol. The van der Waals surface area contributed by atoms with Gasteiger partial charge in [0.1, 0.15) is 0 Å². The molecule has 7 nitrogen and oxygen atoms in total. The van der Waals surface area contributed by atoms with Crippen LogP contribution in [-0.4, -0.2) is 27.0 Å². The lowest BCUT2D eigenvalue weighted by atomic mass is 10.2. The number of H-pyrrole nitrogens is 2. The van der Waals surface area contributed by atoms with Crippen LogP contribution < -0.4 is 10.6 Å². The first-order chi connectivity index (χ1) is 10.2. The van der Waals surface area contributed by atoms with Crippen LogP contribution in [-0.2, 0) is 16.1 Å². The number of hydrogen-bond donors (Lipinski definition) is 4. The van der Waals surface area contributed by atoms with Gasteiger partial charge in [-0.3, -0.25) is 14.7 Å². The van der Waals surface area contributed by atoms with E-state index in [0.717, 1.165) is 16.6 Å². The highest BCUT2D eigenvalue weighted by molar-refractivity contribution is 6.39. The number of amides is 2. The first-order valence-electron chi connectivity index (χ1n) is 6.37. The van der Waals surface area contributed by atoms with Crippen LogP contribution in [0.3, 0.4) is 0 Å². The van der Waals surface area contributed by atoms with Crippen molar-refractivity contribution in [2.24, 2.45) is 0 Å². The van der Waals surface area contributed by atoms with Gasteiger partial charge in [-0.1, -0.05) is 0 Å². The highest BCUT2D eigenvalue weighted by Crippen LogP contribution is 2.17. The number of aromatic amines is 2. The summed E-state index contributed by atoms with van der Waals surface area (Å²) in [5.41, 5.74) is 2.27. The molecular weight excluding hydrogens is 270 g/mol. The van der Waals surface area contributed by atoms with Gasteiger partial charge in [0, 0.05) is 29.0 Å². The highest BCUT2D eigenvalue weighted by Gasteiger charge is 2.13. The Bertz CT molecular complexity index is 776. The van der Waals surface area contributed by atoms with E-state index in [1.165, 1.54) is 0 Å². The Balaban J connectivity index is 1.60. The SMILES string of the molecule is O=C(NCc1ccn[nH]1)C(=O)Nc1ccc2[nH]ccc2c1. The molecule has 0 bridgehead atoms. The van der Waals surface area contributed by atoms with E-state index in [0.29, 0.717) is 5.69 Å². The van der Waals surface area contributed by atoms with Crippen molar-refractivity contribution in [3.05, 3.63) is 48.4 Å². The number of carbonyl (C=O) groups is 2. The monoisotopic (exact) mass is 283 g/mol. The smallest absolute Gasteiger partial charge is 0.313 e. The topological polar surface area (TPSA) is 103 Å². The zero-order valence-corrected chi connectivity index (χ0v) is 11.0. The maximum atomic E-state index is 11.8. The first kappa shape index (κ1) is 12.9. The molecule has 21 heavy (non-hydrogen) atoms. The van der Waals surface area contributed by atoms with E-state index in [2.05, 4.69) is 25.8 Å². The van der Waals surface area contributed by atoms with Gasteiger partial charge >= 0.3 is 11.8 Å². The van der Waals surface area contributed by atoms with E-state index in [-0.39, 0.29) is 6.54 Å². The Labute approximate surface area is 119 Å². The van der Waals surface area contributed by atoms with Gasteiger partial charge in [-0.2, -0.15) is 5.10 Å². The molecule has 0 radical (unpaired) electrons. The standard InChI is InChI=1S/C14H13N5O2/c20-13(16-8-11-4-6-17-19-11)14(21)18-10-1-2-12-9(7-10)3-5-15-12/h1-7,15H,8H2,(H,16,20)(H,17,19)(H,18,21). The molecule has 0 aliphatic rings. The zero-order chi connectivity index (χ0) is 14.7. The summed E-state index contributed by atoms with van der Waals surface area (Å²) in [5.74, 6) is -1.40. The molecule has 0 saturated carbocycles. The van der Waals surface area contributed by atoms with Gasteiger partial charge in [0.05, 0.1) is 12.2 Å². The summed E-state index contributed by atoms with van der Waals surface area (Å²) in [4.78, 5) is 26.5. The lowest BCUT2D eigenvalue weighted by Gasteiger charge is -2.06. The summed E-state index contributed by atoms with van der Waals surface area (Å²) in [7, 11) is 0. The molecule has 2 amide bonds. The van der Waals surface area contributed by atoms with Crippen LogP contribution in [0.4, 0.5) is 5.69 Å². The normalized spacial score (nSPS) is 10.5. The molecule has 0 atom stereocenters. The van der Waals surface area contributed by atoms with Crippen LogP contribution in [0, 0.1) is 0 Å². The van der Waals surface area contributed by atoms with E-state index < -0.39 is 11.8 Å². The lowest BCUT2D eigenvalue weighted by molar-refractivity contribution is -0.136. The minimum absolute atomic E-state index is 0.225. The van der Waals surface area contributed by atoms with Crippen molar-refractivity contribution in [1.82, 2.24) is 20.5 Å². The van der Waals surface area contributed by atoms with Gasteiger partial charge in [0.15, 0.2) is 0 Å². The van der Waals surface area contributed by atoms with E-state index in [9.17, 15) is 9.59 Å². The average molecular weight is 283 g/mol. The third-order valence-corrected chi connectivity index (χ3v) is 3.02. The average Bonchev–Trinajstić information content (AvgIpc) is 3.15. The van der Waals surface area contributed by atoms with Gasteiger partial charge in [0.2, 0.25) is 0 Å². The molecular formula is C14H13N5O2. The number of hydrogen-bond acceptors (Lipinski definition) is 3. The van der Waals surface area contributed by atoms with Gasteiger partial charge < -0.3 is 15.6 Å². The summed E-state index contributed by atoms with van der Waals surface area (Å²) < 4.78 is 0. The number of benzene rings is 1. The fraction of sp³-hybridized carbons (Fsp3) is 0.0714. The van der Waals surface area contributed by atoms with Crippen LogP contribution in [0.1, 0.15) is 5.69 Å². The van der Waals surface area contributed by atoms with E-state index in [1.54, 1.807) is 24.4 Å². The third kappa shape index (κ3) is 2.92. The van der Waals surface area contributed by atoms with Gasteiger partial charge in [0.25, 0.3) is 0 Å². The van der Waals surface area contributed by atoms with Crippen LogP contribution in [0.2, 0.25) is 0 Å². The van der Waals surface area contributed by atoms with E-state index in [4.69, 9.17) is 0 Å². The fourth-order valence-electron chi connectivity index (χ4n) is 1.96. The van der Waals surface area contributed by atoms with Crippen LogP contribution in [0.25, 0.3) is 10.9 Å². The number of carbonyl (C=O) groups excluding carboxylic acids is 2. The zero-order valence-electron chi connectivity index (χ0n) is 11.0. The Morgan fingerprint density at radius 1 is 1.14 bits per heavy atom. The minimum Gasteiger partial charge on any atom is -0.361 e. The third-order valence-electron chi connectivity index (χ3n) is 3.02. The number of nitrogens with one attached hydrogen (secondary N) is 4. The minimum atomic E-state index is -0.704. The second kappa shape index (κ2) is 5.49. The van der Waals surface area contributed by atoms with E-state index in [1.807, 2.05) is 18.3 Å². The Hall–Kier alpha value is -3.09. The molecule has 106 valence electrons. The van der Waals surface area contributed by atoms with Crippen molar-refractivity contribution < 1.29 is 9.59 Å². The van der Waals surface area contributed by atoms with Gasteiger partial charge in [-0.05, 0) is 30.3 Å². The molecule has 4 N–H and O–H groups in total. The molecule has 0 fully saturated rings. The highest BCUT2D eigenvalue weighted by atomic mass is 16.2. The van der Waals surface area contributed by atoms with Crippen molar-refractivity contribution in [1.29, 1.82) is 0 Å². The molecule has 0 aliphatic heterocycles.